The van der Waals surface area contributed by atoms with Crippen LogP contribution in [0, 0.1) is 11.3 Å². The molecular formula is C19H27N3O2. The van der Waals surface area contributed by atoms with Crippen molar-refractivity contribution in [2.75, 3.05) is 6.54 Å². The highest BCUT2D eigenvalue weighted by atomic mass is 16.3. The summed E-state index contributed by atoms with van der Waals surface area (Å²) in [7, 11) is 0. The Kier molecular flexibility index (Phi) is 5.32. The monoisotopic (exact) mass is 329 g/mol. The van der Waals surface area contributed by atoms with Gasteiger partial charge in [-0.1, -0.05) is 46.4 Å². The van der Waals surface area contributed by atoms with Gasteiger partial charge in [0.25, 0.3) is 0 Å². The summed E-state index contributed by atoms with van der Waals surface area (Å²) in [5.74, 6) is 0.191. The molecular weight excluding hydrogens is 302 g/mol. The fourth-order valence-corrected chi connectivity index (χ4v) is 3.33. The Morgan fingerprint density at radius 2 is 2.21 bits per heavy atom. The predicted molar refractivity (Wildman–Crippen MR) is 97.7 cm³/mol. The Morgan fingerprint density at radius 3 is 2.75 bits per heavy atom. The quantitative estimate of drug-likeness (QED) is 0.726. The largest absolute Gasteiger partial charge is 0.507 e. The van der Waals surface area contributed by atoms with Crippen molar-refractivity contribution >= 4 is 12.1 Å². The van der Waals surface area contributed by atoms with Crippen molar-refractivity contribution in [1.29, 1.82) is 0 Å². The molecule has 1 aliphatic heterocycles. The normalized spacial score (nSPS) is 23.7. The third-order valence-electron chi connectivity index (χ3n) is 4.31. The SMILES string of the molecule is C=CC1=C(NCC(=O)NC2C=NC=CC2)C(C)C(C(C)(C)C)=C1O. The number of carbonyl (C=O) groups is 1. The molecule has 0 aromatic carbocycles. The molecule has 24 heavy (non-hydrogen) atoms. The van der Waals surface area contributed by atoms with Gasteiger partial charge >= 0.3 is 0 Å². The average Bonchev–Trinajstić information content (AvgIpc) is 2.75. The van der Waals surface area contributed by atoms with E-state index >= 15 is 0 Å². The van der Waals surface area contributed by atoms with Crippen LogP contribution in [0.3, 0.4) is 0 Å². The zero-order valence-electron chi connectivity index (χ0n) is 14.9. The van der Waals surface area contributed by atoms with Crippen LogP contribution in [-0.2, 0) is 4.79 Å². The minimum atomic E-state index is -0.158. The van der Waals surface area contributed by atoms with Gasteiger partial charge in [0.05, 0.1) is 12.6 Å². The lowest BCUT2D eigenvalue weighted by molar-refractivity contribution is -0.120. The van der Waals surface area contributed by atoms with E-state index in [9.17, 15) is 9.90 Å². The van der Waals surface area contributed by atoms with E-state index in [4.69, 9.17) is 0 Å². The van der Waals surface area contributed by atoms with E-state index < -0.39 is 0 Å². The van der Waals surface area contributed by atoms with Gasteiger partial charge in [0, 0.05) is 29.6 Å². The highest BCUT2D eigenvalue weighted by Crippen LogP contribution is 2.44. The van der Waals surface area contributed by atoms with E-state index in [0.717, 1.165) is 17.7 Å². The van der Waals surface area contributed by atoms with Gasteiger partial charge in [0.15, 0.2) is 0 Å². The third-order valence-corrected chi connectivity index (χ3v) is 4.31. The van der Waals surface area contributed by atoms with Crippen molar-refractivity contribution in [3.63, 3.8) is 0 Å². The Bertz CT molecular complexity index is 648. The van der Waals surface area contributed by atoms with Gasteiger partial charge in [0.2, 0.25) is 5.91 Å². The second-order valence-corrected chi connectivity index (χ2v) is 7.21. The van der Waals surface area contributed by atoms with Gasteiger partial charge in [-0.05, 0) is 17.4 Å². The molecule has 0 fully saturated rings. The van der Waals surface area contributed by atoms with Crippen LogP contribution in [0.25, 0.3) is 0 Å². The van der Waals surface area contributed by atoms with Crippen LogP contribution in [0.1, 0.15) is 34.1 Å². The van der Waals surface area contributed by atoms with Crippen molar-refractivity contribution < 1.29 is 9.90 Å². The first-order valence-corrected chi connectivity index (χ1v) is 8.27. The summed E-state index contributed by atoms with van der Waals surface area (Å²) in [6.07, 6.45) is 7.78. The number of rotatable bonds is 5. The molecule has 1 heterocycles. The lowest BCUT2D eigenvalue weighted by atomic mass is 9.80. The van der Waals surface area contributed by atoms with E-state index in [2.05, 4.69) is 43.0 Å². The predicted octanol–water partition coefficient (Wildman–Crippen LogP) is 3.00. The molecule has 130 valence electrons. The first-order chi connectivity index (χ1) is 11.3. The van der Waals surface area contributed by atoms with Gasteiger partial charge in [-0.25, -0.2) is 0 Å². The van der Waals surface area contributed by atoms with Crippen LogP contribution in [-0.4, -0.2) is 29.8 Å². The second kappa shape index (κ2) is 7.07. The summed E-state index contributed by atoms with van der Waals surface area (Å²) >= 11 is 0. The molecule has 2 rings (SSSR count). The number of nitrogens with zero attached hydrogens (tertiary/aromatic N) is 1. The fourth-order valence-electron chi connectivity index (χ4n) is 3.33. The number of nitrogens with one attached hydrogen (secondary N) is 2. The van der Waals surface area contributed by atoms with Gasteiger partial charge in [-0.15, -0.1) is 0 Å². The number of hydrogen-bond acceptors (Lipinski definition) is 4. The van der Waals surface area contributed by atoms with E-state index in [1.807, 2.05) is 13.0 Å². The van der Waals surface area contributed by atoms with Crippen LogP contribution in [0.4, 0.5) is 0 Å². The topological polar surface area (TPSA) is 73.7 Å². The molecule has 2 unspecified atom stereocenters. The van der Waals surface area contributed by atoms with Crippen molar-refractivity contribution in [2.45, 2.75) is 40.2 Å². The number of aliphatic imine (C=N–C) groups is 1. The van der Waals surface area contributed by atoms with E-state index in [0.29, 0.717) is 5.57 Å². The van der Waals surface area contributed by atoms with Crippen LogP contribution in [0.15, 0.2) is 52.5 Å². The van der Waals surface area contributed by atoms with Gasteiger partial charge in [0.1, 0.15) is 5.76 Å². The summed E-state index contributed by atoms with van der Waals surface area (Å²) in [5.41, 5.74) is 2.33. The summed E-state index contributed by atoms with van der Waals surface area (Å²) in [4.78, 5) is 16.2. The first-order valence-electron chi connectivity index (χ1n) is 8.27. The van der Waals surface area contributed by atoms with Crippen molar-refractivity contribution in [3.05, 3.63) is 47.5 Å². The maximum Gasteiger partial charge on any atom is 0.239 e. The van der Waals surface area contributed by atoms with Crippen LogP contribution in [0.2, 0.25) is 0 Å². The molecule has 2 atom stereocenters. The molecule has 0 aromatic rings. The number of aliphatic hydroxyl groups excluding tert-OH is 1. The lowest BCUT2D eigenvalue weighted by Crippen LogP contribution is -2.41. The third kappa shape index (κ3) is 3.78. The second-order valence-electron chi connectivity index (χ2n) is 7.21. The number of hydrogen-bond donors (Lipinski definition) is 3. The van der Waals surface area contributed by atoms with Gasteiger partial charge < -0.3 is 15.7 Å². The average molecular weight is 329 g/mol. The molecule has 1 aliphatic carbocycles. The molecule has 5 nitrogen and oxygen atoms in total. The Labute approximate surface area is 143 Å². The maximum absolute atomic E-state index is 12.1. The molecule has 0 saturated heterocycles. The fraction of sp³-hybridized carbons (Fsp3) is 0.474. The first kappa shape index (κ1) is 18.0. The number of allylic oxidation sites excluding steroid dienone is 2. The van der Waals surface area contributed by atoms with Crippen molar-refractivity contribution in [3.8, 4) is 0 Å². The van der Waals surface area contributed by atoms with Crippen LogP contribution in [0.5, 0.6) is 0 Å². The molecule has 0 radical (unpaired) electrons. The maximum atomic E-state index is 12.1. The molecule has 0 spiro atoms. The molecule has 2 aliphatic rings. The number of aliphatic hydroxyl groups is 1. The highest BCUT2D eigenvalue weighted by Gasteiger charge is 2.36. The van der Waals surface area contributed by atoms with Crippen LogP contribution >= 0.6 is 0 Å². The van der Waals surface area contributed by atoms with E-state index in [1.54, 1.807) is 18.5 Å². The highest BCUT2D eigenvalue weighted by molar-refractivity contribution is 5.83. The summed E-state index contributed by atoms with van der Waals surface area (Å²) in [6.45, 7) is 12.2. The molecule has 3 N–H and O–H groups in total. The van der Waals surface area contributed by atoms with E-state index in [1.165, 1.54) is 0 Å². The number of amides is 1. The smallest absolute Gasteiger partial charge is 0.239 e. The standard InChI is InChI=1S/C19H27N3O2/c1-6-14-17(12(2)16(18(14)24)19(3,4)5)21-11-15(23)22-13-8-7-9-20-10-13/h6-7,9-10,12-13,21,24H,1,8,11H2,2-5H3,(H,22,23). The Hall–Kier alpha value is -2.30. The summed E-state index contributed by atoms with van der Waals surface area (Å²) < 4.78 is 0. The van der Waals surface area contributed by atoms with Gasteiger partial charge in [-0.2, -0.15) is 0 Å². The van der Waals surface area contributed by atoms with Gasteiger partial charge in [-0.3, -0.25) is 9.79 Å². The number of carbonyl (C=O) groups excluding carboxylic acids is 1. The Morgan fingerprint density at radius 1 is 1.50 bits per heavy atom. The zero-order valence-corrected chi connectivity index (χ0v) is 14.9. The minimum Gasteiger partial charge on any atom is -0.507 e. The Balaban J connectivity index is 2.03. The molecule has 0 bridgehead atoms. The summed E-state index contributed by atoms with van der Waals surface area (Å²) in [5, 5.41) is 16.6. The molecule has 0 aromatic heterocycles. The zero-order chi connectivity index (χ0) is 17.9. The van der Waals surface area contributed by atoms with Crippen LogP contribution < -0.4 is 10.6 Å². The molecule has 0 saturated carbocycles. The minimum absolute atomic E-state index is 0.0185. The molecule has 5 heteroatoms. The summed E-state index contributed by atoms with van der Waals surface area (Å²) in [6, 6.07) is -0.0604. The molecule has 1 amide bonds. The van der Waals surface area contributed by atoms with E-state index in [-0.39, 0.29) is 35.6 Å². The van der Waals surface area contributed by atoms with Crippen molar-refractivity contribution in [1.82, 2.24) is 10.6 Å². The lowest BCUT2D eigenvalue weighted by Gasteiger charge is -2.26. The van der Waals surface area contributed by atoms with Crippen molar-refractivity contribution in [2.24, 2.45) is 16.3 Å².